The van der Waals surface area contributed by atoms with Crippen LogP contribution in [0.5, 0.6) is 0 Å². The molecule has 0 aliphatic carbocycles. The van der Waals surface area contributed by atoms with Crippen LogP contribution >= 0.6 is 0 Å². The molecule has 8 heteroatoms. The minimum atomic E-state index is -0.464. The summed E-state index contributed by atoms with van der Waals surface area (Å²) in [6.45, 7) is 3.11. The van der Waals surface area contributed by atoms with Gasteiger partial charge in [0.15, 0.2) is 5.78 Å². The number of rotatable bonds is 9. The average Bonchev–Trinajstić information content (AvgIpc) is 2.91. The van der Waals surface area contributed by atoms with Crippen molar-refractivity contribution in [1.29, 1.82) is 0 Å². The molecule has 0 saturated carbocycles. The second-order valence-corrected chi connectivity index (χ2v) is 8.94. The number of hydrogen-bond acceptors (Lipinski definition) is 8. The van der Waals surface area contributed by atoms with Gasteiger partial charge in [-0.15, -0.1) is 0 Å². The molecule has 37 heavy (non-hydrogen) atoms. The maximum Gasteiger partial charge on any atom is 0.338 e. The number of fused-ring (bicyclic) bond motifs is 1. The molecule has 1 heterocycles. The van der Waals surface area contributed by atoms with Crippen molar-refractivity contribution in [1.82, 2.24) is 9.97 Å². The first kappa shape index (κ1) is 25.9. The van der Waals surface area contributed by atoms with Crippen molar-refractivity contribution in [2.75, 3.05) is 12.4 Å². The molecular formula is C29H29N3O5. The first-order valence-electron chi connectivity index (χ1n) is 12.0. The molecule has 0 spiro atoms. The van der Waals surface area contributed by atoms with E-state index in [4.69, 9.17) is 4.74 Å². The molecule has 3 aromatic carbocycles. The van der Waals surface area contributed by atoms with Crippen LogP contribution in [0.1, 0.15) is 51.3 Å². The van der Waals surface area contributed by atoms with Gasteiger partial charge in [0.1, 0.15) is 0 Å². The van der Waals surface area contributed by atoms with Crippen LogP contribution in [-0.4, -0.2) is 45.1 Å². The van der Waals surface area contributed by atoms with Crippen molar-refractivity contribution in [2.45, 2.75) is 39.6 Å². The summed E-state index contributed by atoms with van der Waals surface area (Å²) in [6.07, 6.45) is -0.116. The van der Waals surface area contributed by atoms with Crippen LogP contribution < -0.4 is 5.32 Å². The fourth-order valence-electron chi connectivity index (χ4n) is 4.11. The molecule has 1 aromatic heterocycles. The van der Waals surface area contributed by atoms with Crippen LogP contribution in [0.4, 0.5) is 5.95 Å². The van der Waals surface area contributed by atoms with E-state index < -0.39 is 5.97 Å². The Morgan fingerprint density at radius 3 is 2.32 bits per heavy atom. The molecule has 0 atom stereocenters. The largest absolute Gasteiger partial charge is 0.459 e. The smallest absolute Gasteiger partial charge is 0.338 e. The van der Waals surface area contributed by atoms with Gasteiger partial charge in [0.25, 0.3) is 0 Å². The molecule has 4 aromatic rings. The Labute approximate surface area is 215 Å². The third-order valence-electron chi connectivity index (χ3n) is 5.91. The van der Waals surface area contributed by atoms with Crippen LogP contribution in [0.25, 0.3) is 22.2 Å². The highest BCUT2D eigenvalue weighted by atomic mass is 16.5. The molecule has 0 aliphatic heterocycles. The minimum absolute atomic E-state index is 0.130. The number of aliphatic hydroxyl groups is 2. The highest BCUT2D eigenvalue weighted by Crippen LogP contribution is 2.30. The van der Waals surface area contributed by atoms with E-state index in [2.05, 4.69) is 15.3 Å². The Morgan fingerprint density at radius 1 is 0.919 bits per heavy atom. The van der Waals surface area contributed by atoms with Gasteiger partial charge < -0.3 is 20.3 Å². The highest BCUT2D eigenvalue weighted by Gasteiger charge is 2.16. The van der Waals surface area contributed by atoms with Gasteiger partial charge >= 0.3 is 5.97 Å². The number of esters is 1. The number of carbonyl (C=O) groups is 2. The Kier molecular flexibility index (Phi) is 7.91. The maximum absolute atomic E-state index is 13.1. The third kappa shape index (κ3) is 5.82. The van der Waals surface area contributed by atoms with E-state index in [1.165, 1.54) is 0 Å². The number of aromatic nitrogens is 2. The molecule has 190 valence electrons. The van der Waals surface area contributed by atoms with Crippen LogP contribution in [0.2, 0.25) is 0 Å². The zero-order valence-electron chi connectivity index (χ0n) is 21.0. The van der Waals surface area contributed by atoms with Crippen molar-refractivity contribution in [3.05, 3.63) is 88.5 Å². The molecule has 8 nitrogen and oxygen atoms in total. The third-order valence-corrected chi connectivity index (χ3v) is 5.91. The Hall–Kier alpha value is -4.14. The molecule has 0 unspecified atom stereocenters. The number of aliphatic hydroxyl groups excluding tert-OH is 2. The number of ketones is 1. The summed E-state index contributed by atoms with van der Waals surface area (Å²) in [6, 6.07) is 17.6. The summed E-state index contributed by atoms with van der Waals surface area (Å²) in [5.41, 5.74) is 4.79. The fourth-order valence-corrected chi connectivity index (χ4v) is 4.11. The quantitative estimate of drug-likeness (QED) is 0.230. The molecule has 3 N–H and O–H groups in total. The van der Waals surface area contributed by atoms with E-state index >= 15 is 0 Å². The standard InChI is InChI=1S/C29H29N3O5/c1-17(2)37-28(36)21-9-5-7-19(12-21)26(35)11-18-6-4-8-20(10-18)27-24-13-22(15-33)23(16-34)14-25(24)31-29(30-3)32-27/h4-10,12-14,17,33-34H,11,15-16H2,1-3H3,(H,30,31,32). The van der Waals surface area contributed by atoms with Gasteiger partial charge in [-0.1, -0.05) is 30.3 Å². The molecule has 0 radical (unpaired) electrons. The molecule has 0 aliphatic rings. The van der Waals surface area contributed by atoms with E-state index in [0.717, 1.165) is 16.5 Å². The van der Waals surface area contributed by atoms with Gasteiger partial charge in [-0.3, -0.25) is 4.79 Å². The Bertz CT molecular complexity index is 1470. The number of Topliss-reactive ketones (excluding diaryl/α,β-unsaturated/α-hetero) is 1. The zero-order chi connectivity index (χ0) is 26.5. The number of ether oxygens (including phenoxy) is 1. The number of hydrogen-bond donors (Lipinski definition) is 3. The highest BCUT2D eigenvalue weighted by molar-refractivity contribution is 6.00. The predicted octanol–water partition coefficient (Wildman–Crippen LogP) is 4.31. The van der Waals surface area contributed by atoms with Crippen molar-refractivity contribution in [3.8, 4) is 11.3 Å². The monoisotopic (exact) mass is 499 g/mol. The summed E-state index contributed by atoms with van der Waals surface area (Å²) in [4.78, 5) is 34.5. The lowest BCUT2D eigenvalue weighted by molar-refractivity contribution is 0.0378. The topological polar surface area (TPSA) is 122 Å². The number of benzene rings is 3. The van der Waals surface area contributed by atoms with Gasteiger partial charge in [-0.2, -0.15) is 0 Å². The van der Waals surface area contributed by atoms with E-state index in [1.54, 1.807) is 57.3 Å². The lowest BCUT2D eigenvalue weighted by Crippen LogP contribution is -2.12. The summed E-state index contributed by atoms with van der Waals surface area (Å²) < 4.78 is 5.24. The summed E-state index contributed by atoms with van der Waals surface area (Å²) in [7, 11) is 1.72. The summed E-state index contributed by atoms with van der Waals surface area (Å²) >= 11 is 0. The summed E-state index contributed by atoms with van der Waals surface area (Å²) in [5.74, 6) is -0.182. The maximum atomic E-state index is 13.1. The number of carbonyl (C=O) groups excluding carboxylic acids is 2. The molecule has 0 fully saturated rings. The van der Waals surface area contributed by atoms with E-state index in [-0.39, 0.29) is 31.5 Å². The SMILES string of the molecule is CNc1nc(-c2cccc(CC(=O)c3cccc(C(=O)OC(C)C)c3)c2)c2cc(CO)c(CO)cc2n1. The van der Waals surface area contributed by atoms with Crippen LogP contribution in [-0.2, 0) is 24.4 Å². The van der Waals surface area contributed by atoms with Crippen molar-refractivity contribution in [2.24, 2.45) is 0 Å². The molecule has 0 saturated heterocycles. The summed E-state index contributed by atoms with van der Waals surface area (Å²) in [5, 5.41) is 23.2. The van der Waals surface area contributed by atoms with Gasteiger partial charge in [-0.25, -0.2) is 14.8 Å². The number of nitrogens with one attached hydrogen (secondary N) is 1. The predicted molar refractivity (Wildman–Crippen MR) is 141 cm³/mol. The average molecular weight is 500 g/mol. The second kappa shape index (κ2) is 11.3. The van der Waals surface area contributed by atoms with Gasteiger partial charge in [0, 0.05) is 30.0 Å². The first-order valence-corrected chi connectivity index (χ1v) is 12.0. The molecular weight excluding hydrogens is 470 g/mol. The lowest BCUT2D eigenvalue weighted by atomic mass is 9.97. The second-order valence-electron chi connectivity index (χ2n) is 8.94. The van der Waals surface area contributed by atoms with E-state index in [9.17, 15) is 19.8 Å². The van der Waals surface area contributed by atoms with Gasteiger partial charge in [-0.05, 0) is 60.9 Å². The minimum Gasteiger partial charge on any atom is -0.459 e. The molecule has 4 rings (SSSR count). The molecule has 0 bridgehead atoms. The zero-order valence-corrected chi connectivity index (χ0v) is 21.0. The fraction of sp³-hybridized carbons (Fsp3) is 0.241. The van der Waals surface area contributed by atoms with Crippen LogP contribution in [0, 0.1) is 0 Å². The number of anilines is 1. The van der Waals surface area contributed by atoms with Gasteiger partial charge in [0.05, 0.1) is 36.1 Å². The van der Waals surface area contributed by atoms with Crippen molar-refractivity contribution < 1.29 is 24.5 Å². The van der Waals surface area contributed by atoms with Crippen molar-refractivity contribution >= 4 is 28.6 Å². The normalized spacial score (nSPS) is 11.1. The van der Waals surface area contributed by atoms with E-state index in [0.29, 0.717) is 39.4 Å². The first-order chi connectivity index (χ1) is 17.8. The van der Waals surface area contributed by atoms with Crippen molar-refractivity contribution in [3.63, 3.8) is 0 Å². The Balaban J connectivity index is 1.68. The number of nitrogens with zero attached hydrogens (tertiary/aromatic N) is 2. The van der Waals surface area contributed by atoms with E-state index in [1.807, 2.05) is 24.3 Å². The Morgan fingerprint density at radius 2 is 1.62 bits per heavy atom. The van der Waals surface area contributed by atoms with Gasteiger partial charge in [0.2, 0.25) is 5.95 Å². The lowest BCUT2D eigenvalue weighted by Gasteiger charge is -2.13. The van der Waals surface area contributed by atoms with Crippen LogP contribution in [0.15, 0.2) is 60.7 Å². The van der Waals surface area contributed by atoms with Crippen LogP contribution in [0.3, 0.4) is 0 Å². The molecule has 0 amide bonds.